The number of carbonyl (C=O) groups excluding carboxylic acids is 1. The van der Waals surface area contributed by atoms with E-state index in [4.69, 9.17) is 16.3 Å². The molecule has 6 rings (SSSR count). The Kier molecular flexibility index (Phi) is 11.6. The van der Waals surface area contributed by atoms with E-state index < -0.39 is 0 Å². The van der Waals surface area contributed by atoms with Crippen molar-refractivity contribution in [2.75, 3.05) is 31.6 Å². The van der Waals surface area contributed by atoms with Crippen LogP contribution in [0.3, 0.4) is 0 Å². The van der Waals surface area contributed by atoms with E-state index in [-0.39, 0.29) is 35.0 Å². The highest BCUT2D eigenvalue weighted by atomic mass is 35.5. The van der Waals surface area contributed by atoms with Gasteiger partial charge in [0.2, 0.25) is 5.91 Å². The second-order valence-corrected chi connectivity index (χ2v) is 14.7. The van der Waals surface area contributed by atoms with E-state index in [0.29, 0.717) is 23.4 Å². The molecule has 1 amide bonds. The minimum atomic E-state index is -0.342. The average molecular weight is 679 g/mol. The van der Waals surface area contributed by atoms with E-state index >= 15 is 0 Å². The van der Waals surface area contributed by atoms with Gasteiger partial charge in [0.1, 0.15) is 12.7 Å². The highest BCUT2D eigenvalue weighted by molar-refractivity contribution is 6.30. The molecule has 260 valence electrons. The van der Waals surface area contributed by atoms with Crippen LogP contribution in [0, 0.1) is 17.2 Å². The van der Waals surface area contributed by atoms with Gasteiger partial charge in [-0.05, 0) is 106 Å². The number of halogens is 2. The minimum absolute atomic E-state index is 0.155. The van der Waals surface area contributed by atoms with Crippen LogP contribution in [-0.4, -0.2) is 70.4 Å². The average Bonchev–Trinajstić information content (AvgIpc) is 3.64. The van der Waals surface area contributed by atoms with Crippen LogP contribution in [0.15, 0.2) is 55.1 Å². The first-order chi connectivity index (χ1) is 23.4. The van der Waals surface area contributed by atoms with Crippen LogP contribution >= 0.6 is 11.6 Å². The second-order valence-electron chi connectivity index (χ2n) is 14.3. The summed E-state index contributed by atoms with van der Waals surface area (Å²) in [4.78, 5) is 23.1. The van der Waals surface area contributed by atoms with Crippen molar-refractivity contribution in [1.29, 1.82) is 0 Å². The van der Waals surface area contributed by atoms with Gasteiger partial charge in [-0.2, -0.15) is 5.10 Å². The lowest BCUT2D eigenvalue weighted by Crippen LogP contribution is -2.56. The fraction of sp³-hybridized carbons (Fsp3) is 0.605. The molecule has 2 heterocycles. The van der Waals surface area contributed by atoms with E-state index in [1.165, 1.54) is 45.3 Å². The third kappa shape index (κ3) is 8.16. The number of hydrogen-bond donors (Lipinski definition) is 1. The number of aromatic nitrogens is 3. The molecule has 3 aliphatic rings. The minimum Gasteiger partial charge on any atom is -0.494 e. The third-order valence-electron chi connectivity index (χ3n) is 11.5. The molecule has 3 aromatic rings. The second kappa shape index (κ2) is 16.0. The Hall–Kier alpha value is -3.17. The zero-order chi connectivity index (χ0) is 33.5. The summed E-state index contributed by atoms with van der Waals surface area (Å²) in [7, 11) is 1.51. The third-order valence-corrected chi connectivity index (χ3v) is 11.8. The number of nitrogens with zero attached hydrogens (tertiary/aromatic N) is 5. The largest absolute Gasteiger partial charge is 0.494 e. The fourth-order valence-corrected chi connectivity index (χ4v) is 8.96. The summed E-state index contributed by atoms with van der Waals surface area (Å²) in [6, 6.07) is 13.4. The summed E-state index contributed by atoms with van der Waals surface area (Å²) < 4.78 is 21.4. The lowest BCUT2D eigenvalue weighted by molar-refractivity contribution is -0.137. The predicted molar refractivity (Wildman–Crippen MR) is 189 cm³/mol. The molecule has 10 heteroatoms. The van der Waals surface area contributed by atoms with E-state index in [0.717, 1.165) is 76.0 Å². The molecule has 2 saturated carbocycles. The van der Waals surface area contributed by atoms with Crippen LogP contribution in [0.25, 0.3) is 0 Å². The van der Waals surface area contributed by atoms with Crippen LogP contribution in [0.2, 0.25) is 5.02 Å². The van der Waals surface area contributed by atoms with Crippen LogP contribution < -0.4 is 15.0 Å². The van der Waals surface area contributed by atoms with E-state index in [2.05, 4.69) is 32.1 Å². The summed E-state index contributed by atoms with van der Waals surface area (Å²) in [5, 5.41) is 9.03. The van der Waals surface area contributed by atoms with Crippen molar-refractivity contribution in [2.24, 2.45) is 11.3 Å². The zero-order valence-electron chi connectivity index (χ0n) is 28.6. The van der Waals surface area contributed by atoms with Gasteiger partial charge in [0.25, 0.3) is 0 Å². The molecule has 0 unspecified atom stereocenters. The Morgan fingerprint density at radius 1 is 1.06 bits per heavy atom. The Labute approximate surface area is 290 Å². The van der Waals surface area contributed by atoms with Crippen molar-refractivity contribution in [2.45, 2.75) is 109 Å². The van der Waals surface area contributed by atoms with E-state index in [1.807, 2.05) is 41.3 Å². The summed E-state index contributed by atoms with van der Waals surface area (Å²) >= 11 is 6.22. The summed E-state index contributed by atoms with van der Waals surface area (Å²) in [5.74, 6) is 0.811. The van der Waals surface area contributed by atoms with Gasteiger partial charge in [-0.3, -0.25) is 9.48 Å². The van der Waals surface area contributed by atoms with Crippen molar-refractivity contribution in [3.8, 4) is 5.75 Å². The van der Waals surface area contributed by atoms with Crippen LogP contribution in [0.5, 0.6) is 5.75 Å². The molecule has 2 aromatic carbocycles. The molecule has 48 heavy (non-hydrogen) atoms. The number of amides is 1. The highest BCUT2D eigenvalue weighted by Gasteiger charge is 2.44. The number of carbonyl (C=O) groups is 1. The zero-order valence-corrected chi connectivity index (χ0v) is 29.4. The van der Waals surface area contributed by atoms with Crippen LogP contribution in [-0.2, 0) is 17.8 Å². The number of methoxy groups -OCH3 is 1. The standard InChI is InChI=1S/C38H52ClFN6O2/c1-3-46(33-17-18-34(40)36(24-33)48-2)32-15-13-31(14-16-32)43-35(23-28-9-11-30(39)12-10-28)37(47)44-21-19-38(20-22-44,25-45-27-41-26-42-45)29-7-5-4-6-8-29/h9-12,17-18,24,26-27,29,31-32,35,43H,3-8,13-16,19-23,25H2,1-2H3/t31-,32+,35-/m1/s1. The number of anilines is 1. The smallest absolute Gasteiger partial charge is 0.240 e. The first-order valence-corrected chi connectivity index (χ1v) is 18.5. The fourth-order valence-electron chi connectivity index (χ4n) is 8.83. The molecule has 2 aliphatic carbocycles. The number of nitrogens with one attached hydrogen (secondary N) is 1. The molecule has 1 N–H and O–H groups in total. The Bertz CT molecular complexity index is 1450. The SMILES string of the molecule is CCN(c1ccc(F)c(OC)c1)[C@H]1CC[C@@H](N[C@H](Cc2ccc(Cl)cc2)C(=O)N2CCC(Cn3cncn3)(C3CCCCC3)CC2)CC1. The van der Waals surface area contributed by atoms with Gasteiger partial charge in [0.15, 0.2) is 11.6 Å². The van der Waals surface area contributed by atoms with Gasteiger partial charge in [-0.1, -0.05) is 43.0 Å². The van der Waals surface area contributed by atoms with Crippen molar-refractivity contribution < 1.29 is 13.9 Å². The molecule has 1 saturated heterocycles. The Balaban J connectivity index is 1.12. The van der Waals surface area contributed by atoms with Gasteiger partial charge in [-0.25, -0.2) is 9.37 Å². The quantitative estimate of drug-likeness (QED) is 0.217. The van der Waals surface area contributed by atoms with Gasteiger partial charge in [-0.15, -0.1) is 0 Å². The molecule has 0 radical (unpaired) electrons. The monoisotopic (exact) mass is 678 g/mol. The van der Waals surface area contributed by atoms with Gasteiger partial charge in [0, 0.05) is 55.0 Å². The first kappa shape index (κ1) is 34.7. The summed E-state index contributed by atoms with van der Waals surface area (Å²) in [6.07, 6.45) is 16.6. The van der Waals surface area contributed by atoms with Crippen molar-refractivity contribution >= 4 is 23.2 Å². The van der Waals surface area contributed by atoms with Crippen molar-refractivity contribution in [1.82, 2.24) is 25.0 Å². The first-order valence-electron chi connectivity index (χ1n) is 18.1. The molecule has 3 fully saturated rings. The number of hydrogen-bond acceptors (Lipinski definition) is 6. The molecule has 0 spiro atoms. The normalized spacial score (nSPS) is 22.3. The number of benzene rings is 2. The number of ether oxygens (including phenoxy) is 1. The molecule has 1 aromatic heterocycles. The molecular formula is C38H52ClFN6O2. The Morgan fingerprint density at radius 2 is 1.79 bits per heavy atom. The van der Waals surface area contributed by atoms with Gasteiger partial charge in [0.05, 0.1) is 13.2 Å². The molecular weight excluding hydrogens is 627 g/mol. The molecule has 0 bridgehead atoms. The van der Waals surface area contributed by atoms with E-state index in [9.17, 15) is 9.18 Å². The maximum absolute atomic E-state index is 14.4. The van der Waals surface area contributed by atoms with E-state index in [1.54, 1.807) is 12.4 Å². The maximum atomic E-state index is 14.4. The lowest BCUT2D eigenvalue weighted by atomic mass is 9.63. The summed E-state index contributed by atoms with van der Waals surface area (Å²) in [6.45, 7) is 5.43. The predicted octanol–water partition coefficient (Wildman–Crippen LogP) is 7.31. The van der Waals surface area contributed by atoms with Crippen molar-refractivity contribution in [3.05, 3.63) is 71.5 Å². The number of likely N-dealkylation sites (tertiary alicyclic amines) is 1. The highest BCUT2D eigenvalue weighted by Crippen LogP contribution is 2.47. The lowest BCUT2D eigenvalue weighted by Gasteiger charge is -2.48. The topological polar surface area (TPSA) is 75.5 Å². The van der Waals surface area contributed by atoms with Crippen LogP contribution in [0.4, 0.5) is 10.1 Å². The maximum Gasteiger partial charge on any atom is 0.240 e. The van der Waals surface area contributed by atoms with Crippen LogP contribution in [0.1, 0.15) is 83.1 Å². The van der Waals surface area contributed by atoms with Crippen molar-refractivity contribution in [3.63, 3.8) is 0 Å². The summed E-state index contributed by atoms with van der Waals surface area (Å²) in [5.41, 5.74) is 2.25. The number of piperidine rings is 1. The molecule has 1 atom stereocenters. The van der Waals surface area contributed by atoms with Gasteiger partial charge >= 0.3 is 0 Å². The van der Waals surface area contributed by atoms with Gasteiger partial charge < -0.3 is 19.9 Å². The molecule has 8 nitrogen and oxygen atoms in total. The number of rotatable bonds is 12. The molecule has 1 aliphatic heterocycles. The Morgan fingerprint density at radius 3 is 2.44 bits per heavy atom.